The standard InChI is InChI=1S/C14H12IN3O2/c1-16-14(20)11-7-10(15)4-5-12(11)18-13(19)9-3-2-6-17-8-9/h2-8H,1H3,(H,16,20)(H,18,19). The number of nitrogens with zero attached hydrogens (tertiary/aromatic N) is 1. The number of halogens is 1. The lowest BCUT2D eigenvalue weighted by molar-refractivity contribution is 0.0964. The Morgan fingerprint density at radius 3 is 2.65 bits per heavy atom. The topological polar surface area (TPSA) is 71.1 Å². The molecule has 0 bridgehead atoms. The van der Waals surface area contributed by atoms with Crippen molar-refractivity contribution in [3.05, 3.63) is 57.4 Å². The molecule has 0 radical (unpaired) electrons. The predicted octanol–water partition coefficient (Wildman–Crippen LogP) is 2.30. The van der Waals surface area contributed by atoms with Gasteiger partial charge in [0.15, 0.2) is 0 Å². The van der Waals surface area contributed by atoms with Crippen LogP contribution in [0.15, 0.2) is 42.7 Å². The molecular formula is C14H12IN3O2. The van der Waals surface area contributed by atoms with E-state index in [4.69, 9.17) is 0 Å². The first-order valence-corrected chi connectivity index (χ1v) is 6.92. The number of hydrogen-bond donors (Lipinski definition) is 2. The molecule has 1 aromatic heterocycles. The number of nitrogens with one attached hydrogen (secondary N) is 2. The van der Waals surface area contributed by atoms with Gasteiger partial charge in [-0.3, -0.25) is 14.6 Å². The molecule has 0 spiro atoms. The summed E-state index contributed by atoms with van der Waals surface area (Å²) in [5.41, 5.74) is 1.34. The largest absolute Gasteiger partial charge is 0.355 e. The Labute approximate surface area is 129 Å². The van der Waals surface area contributed by atoms with E-state index in [1.165, 1.54) is 6.20 Å². The van der Waals surface area contributed by atoms with Crippen LogP contribution in [0.2, 0.25) is 0 Å². The molecule has 2 N–H and O–H groups in total. The number of pyridine rings is 1. The van der Waals surface area contributed by atoms with Crippen molar-refractivity contribution >= 4 is 40.1 Å². The van der Waals surface area contributed by atoms with E-state index in [0.717, 1.165) is 3.57 Å². The van der Waals surface area contributed by atoms with Crippen molar-refractivity contribution in [3.8, 4) is 0 Å². The summed E-state index contributed by atoms with van der Waals surface area (Å²) in [6.45, 7) is 0. The molecule has 5 nitrogen and oxygen atoms in total. The molecule has 0 aliphatic rings. The van der Waals surface area contributed by atoms with Crippen LogP contribution in [-0.4, -0.2) is 23.8 Å². The van der Waals surface area contributed by atoms with E-state index >= 15 is 0 Å². The van der Waals surface area contributed by atoms with Gasteiger partial charge in [0.2, 0.25) is 0 Å². The number of rotatable bonds is 3. The highest BCUT2D eigenvalue weighted by Crippen LogP contribution is 2.19. The highest BCUT2D eigenvalue weighted by atomic mass is 127. The smallest absolute Gasteiger partial charge is 0.257 e. The Kier molecular flexibility index (Phi) is 4.67. The van der Waals surface area contributed by atoms with Gasteiger partial charge in [0.1, 0.15) is 0 Å². The summed E-state index contributed by atoms with van der Waals surface area (Å²) < 4.78 is 0.917. The molecule has 20 heavy (non-hydrogen) atoms. The maximum atomic E-state index is 12.1. The number of carbonyl (C=O) groups is 2. The minimum absolute atomic E-state index is 0.245. The fourth-order valence-electron chi connectivity index (χ4n) is 1.64. The molecule has 0 fully saturated rings. The zero-order valence-electron chi connectivity index (χ0n) is 10.7. The molecule has 1 aromatic carbocycles. The molecule has 0 unspecified atom stereocenters. The molecule has 6 heteroatoms. The molecular weight excluding hydrogens is 369 g/mol. The van der Waals surface area contributed by atoms with Crippen molar-refractivity contribution in [3.63, 3.8) is 0 Å². The number of anilines is 1. The third-order valence-corrected chi connectivity index (χ3v) is 3.30. The zero-order valence-corrected chi connectivity index (χ0v) is 12.8. The van der Waals surface area contributed by atoms with E-state index in [1.54, 1.807) is 37.5 Å². The van der Waals surface area contributed by atoms with Gasteiger partial charge in [0.05, 0.1) is 16.8 Å². The molecule has 2 amide bonds. The Bertz CT molecular complexity index is 644. The SMILES string of the molecule is CNC(=O)c1cc(I)ccc1NC(=O)c1cccnc1. The second kappa shape index (κ2) is 6.47. The Morgan fingerprint density at radius 1 is 1.20 bits per heavy atom. The van der Waals surface area contributed by atoms with Crippen LogP contribution >= 0.6 is 22.6 Å². The summed E-state index contributed by atoms with van der Waals surface area (Å²) in [4.78, 5) is 27.8. The third kappa shape index (κ3) is 3.32. The van der Waals surface area contributed by atoms with Crippen molar-refractivity contribution in [1.82, 2.24) is 10.3 Å². The molecule has 0 atom stereocenters. The number of aromatic nitrogens is 1. The molecule has 1 heterocycles. The predicted molar refractivity (Wildman–Crippen MR) is 84.7 cm³/mol. The molecule has 2 aromatic rings. The first-order valence-electron chi connectivity index (χ1n) is 5.85. The van der Waals surface area contributed by atoms with Crippen molar-refractivity contribution in [1.29, 1.82) is 0 Å². The van der Waals surface area contributed by atoms with Gasteiger partial charge in [0.25, 0.3) is 11.8 Å². The second-order valence-corrected chi connectivity index (χ2v) is 5.21. The first kappa shape index (κ1) is 14.4. The van der Waals surface area contributed by atoms with E-state index in [1.807, 2.05) is 6.07 Å². The van der Waals surface area contributed by atoms with Crippen LogP contribution in [-0.2, 0) is 0 Å². The number of carbonyl (C=O) groups excluding carboxylic acids is 2. The van der Waals surface area contributed by atoms with Crippen LogP contribution in [0.1, 0.15) is 20.7 Å². The quantitative estimate of drug-likeness (QED) is 0.802. The van der Waals surface area contributed by atoms with Gasteiger partial charge in [0, 0.05) is 23.0 Å². The summed E-state index contributed by atoms with van der Waals surface area (Å²) in [5, 5.41) is 5.28. The van der Waals surface area contributed by atoms with E-state index in [0.29, 0.717) is 16.8 Å². The van der Waals surface area contributed by atoms with Crippen LogP contribution in [0.3, 0.4) is 0 Å². The number of hydrogen-bond acceptors (Lipinski definition) is 3. The lowest BCUT2D eigenvalue weighted by atomic mass is 10.1. The summed E-state index contributed by atoms with van der Waals surface area (Å²) in [5.74, 6) is -0.547. The highest BCUT2D eigenvalue weighted by molar-refractivity contribution is 14.1. The summed E-state index contributed by atoms with van der Waals surface area (Å²) in [6, 6.07) is 8.60. The van der Waals surface area contributed by atoms with Crippen molar-refractivity contribution in [2.75, 3.05) is 12.4 Å². The van der Waals surface area contributed by atoms with Crippen molar-refractivity contribution in [2.45, 2.75) is 0 Å². The van der Waals surface area contributed by atoms with Gasteiger partial charge in [-0.25, -0.2) is 0 Å². The lowest BCUT2D eigenvalue weighted by Gasteiger charge is -2.10. The molecule has 0 aliphatic carbocycles. The Morgan fingerprint density at radius 2 is 2.00 bits per heavy atom. The summed E-state index contributed by atoms with van der Waals surface area (Å²) in [7, 11) is 1.55. The fraction of sp³-hybridized carbons (Fsp3) is 0.0714. The summed E-state index contributed by atoms with van der Waals surface area (Å²) in [6.07, 6.45) is 3.07. The molecule has 0 saturated carbocycles. The van der Waals surface area contributed by atoms with E-state index in [-0.39, 0.29) is 11.8 Å². The normalized spacial score (nSPS) is 9.90. The average molecular weight is 381 g/mol. The summed E-state index contributed by atoms with van der Waals surface area (Å²) >= 11 is 2.11. The minimum atomic E-state index is -0.301. The number of benzene rings is 1. The third-order valence-electron chi connectivity index (χ3n) is 2.63. The van der Waals surface area contributed by atoms with E-state index in [2.05, 4.69) is 38.2 Å². The number of amides is 2. The lowest BCUT2D eigenvalue weighted by Crippen LogP contribution is -2.21. The minimum Gasteiger partial charge on any atom is -0.355 e. The average Bonchev–Trinajstić information content (AvgIpc) is 2.49. The van der Waals surface area contributed by atoms with Gasteiger partial charge in [-0.1, -0.05) is 0 Å². The highest BCUT2D eigenvalue weighted by Gasteiger charge is 2.14. The molecule has 2 rings (SSSR count). The van der Waals surface area contributed by atoms with Crippen LogP contribution in [0.5, 0.6) is 0 Å². The second-order valence-electron chi connectivity index (χ2n) is 3.96. The van der Waals surface area contributed by atoms with E-state index in [9.17, 15) is 9.59 Å². The van der Waals surface area contributed by atoms with Gasteiger partial charge in [-0.15, -0.1) is 0 Å². The van der Waals surface area contributed by atoms with Crippen LogP contribution in [0.4, 0.5) is 5.69 Å². The monoisotopic (exact) mass is 381 g/mol. The van der Waals surface area contributed by atoms with E-state index < -0.39 is 0 Å². The fourth-order valence-corrected chi connectivity index (χ4v) is 2.13. The zero-order chi connectivity index (χ0) is 14.5. The van der Waals surface area contributed by atoms with Gasteiger partial charge in [-0.05, 0) is 52.9 Å². The molecule has 0 saturated heterocycles. The molecule has 102 valence electrons. The Balaban J connectivity index is 2.30. The van der Waals surface area contributed by atoms with Crippen molar-refractivity contribution in [2.24, 2.45) is 0 Å². The van der Waals surface area contributed by atoms with Crippen LogP contribution in [0, 0.1) is 3.57 Å². The van der Waals surface area contributed by atoms with Gasteiger partial charge >= 0.3 is 0 Å². The first-order chi connectivity index (χ1) is 9.61. The van der Waals surface area contributed by atoms with Gasteiger partial charge < -0.3 is 10.6 Å². The molecule has 0 aliphatic heterocycles. The van der Waals surface area contributed by atoms with Crippen molar-refractivity contribution < 1.29 is 9.59 Å². The van der Waals surface area contributed by atoms with Gasteiger partial charge in [-0.2, -0.15) is 0 Å². The van der Waals surface area contributed by atoms with Crippen LogP contribution in [0.25, 0.3) is 0 Å². The maximum absolute atomic E-state index is 12.1. The Hall–Kier alpha value is -1.96. The maximum Gasteiger partial charge on any atom is 0.257 e. The van der Waals surface area contributed by atoms with Crippen LogP contribution < -0.4 is 10.6 Å².